The van der Waals surface area contributed by atoms with Crippen LogP contribution >= 0.6 is 11.6 Å². The number of carbonyl (C=O) groups is 2. The van der Waals surface area contributed by atoms with Crippen LogP contribution in [-0.4, -0.2) is 47.1 Å². The molecule has 2 rings (SSSR count). The number of hydrogen-bond donors (Lipinski definition) is 2. The number of nitrogens with zero attached hydrogens (tertiary/aromatic N) is 1. The molecule has 1 aliphatic rings. The van der Waals surface area contributed by atoms with E-state index in [4.69, 9.17) is 21.4 Å². The van der Waals surface area contributed by atoms with E-state index in [1.54, 1.807) is 25.1 Å². The Kier molecular flexibility index (Phi) is 4.39. The lowest BCUT2D eigenvalue weighted by Crippen LogP contribution is -2.60. The van der Waals surface area contributed by atoms with E-state index in [-0.39, 0.29) is 13.2 Å². The SMILES string of the molecule is CCN(CCO)C(=O)C1(C)Oc2ccc(Cl)cc2NC1=O. The van der Waals surface area contributed by atoms with Gasteiger partial charge in [0, 0.05) is 18.1 Å². The smallest absolute Gasteiger partial charge is 0.278 e. The number of halogens is 1. The molecule has 2 amide bonds. The van der Waals surface area contributed by atoms with Crippen molar-refractivity contribution in [3.8, 4) is 5.75 Å². The molecule has 1 aromatic rings. The lowest BCUT2D eigenvalue weighted by molar-refractivity contribution is -0.154. The molecule has 0 saturated heterocycles. The van der Waals surface area contributed by atoms with Crippen LogP contribution in [0.3, 0.4) is 0 Å². The van der Waals surface area contributed by atoms with Gasteiger partial charge in [0.25, 0.3) is 17.4 Å². The first kappa shape index (κ1) is 15.6. The summed E-state index contributed by atoms with van der Waals surface area (Å²) in [5.74, 6) is -0.661. The van der Waals surface area contributed by atoms with E-state index in [1.165, 1.54) is 11.8 Å². The highest BCUT2D eigenvalue weighted by Crippen LogP contribution is 2.36. The van der Waals surface area contributed by atoms with E-state index in [0.717, 1.165) is 0 Å². The normalized spacial score (nSPS) is 20.3. The minimum atomic E-state index is -1.66. The van der Waals surface area contributed by atoms with Crippen molar-refractivity contribution in [3.05, 3.63) is 23.2 Å². The summed E-state index contributed by atoms with van der Waals surface area (Å²) in [6.45, 7) is 3.53. The van der Waals surface area contributed by atoms with Crippen LogP contribution in [0.4, 0.5) is 5.69 Å². The number of aliphatic hydroxyl groups is 1. The Labute approximate surface area is 127 Å². The fourth-order valence-corrected chi connectivity index (χ4v) is 2.34. The van der Waals surface area contributed by atoms with Crippen molar-refractivity contribution in [1.29, 1.82) is 0 Å². The maximum Gasteiger partial charge on any atom is 0.278 e. The molecule has 0 radical (unpaired) electrons. The minimum absolute atomic E-state index is 0.148. The number of fused-ring (bicyclic) bond motifs is 1. The molecule has 1 heterocycles. The van der Waals surface area contributed by atoms with Crippen molar-refractivity contribution in [2.45, 2.75) is 19.4 Å². The third-order valence-electron chi connectivity index (χ3n) is 3.38. The van der Waals surface area contributed by atoms with Gasteiger partial charge in [0.1, 0.15) is 5.75 Å². The second kappa shape index (κ2) is 5.91. The van der Waals surface area contributed by atoms with Gasteiger partial charge in [0.15, 0.2) is 0 Å². The minimum Gasteiger partial charge on any atom is -0.466 e. The maximum absolute atomic E-state index is 12.5. The summed E-state index contributed by atoms with van der Waals surface area (Å²) in [5, 5.41) is 12.1. The number of ether oxygens (including phenoxy) is 1. The van der Waals surface area contributed by atoms with Gasteiger partial charge in [-0.05, 0) is 32.0 Å². The number of aliphatic hydroxyl groups excluding tert-OH is 1. The number of nitrogens with one attached hydrogen (secondary N) is 1. The molecule has 2 N–H and O–H groups in total. The highest BCUT2D eigenvalue weighted by atomic mass is 35.5. The molecule has 1 aliphatic heterocycles. The Bertz CT molecular complexity index is 578. The van der Waals surface area contributed by atoms with E-state index in [9.17, 15) is 9.59 Å². The van der Waals surface area contributed by atoms with Crippen LogP contribution in [0.1, 0.15) is 13.8 Å². The number of anilines is 1. The third kappa shape index (κ3) is 2.82. The topological polar surface area (TPSA) is 78.9 Å². The standard InChI is InChI=1S/C14H17ClN2O4/c1-3-17(6-7-18)13(20)14(2)12(19)16-10-8-9(15)4-5-11(10)21-14/h4-5,8,18H,3,6-7H2,1-2H3,(H,16,19). The second-order valence-electron chi connectivity index (χ2n) is 4.84. The number of amides is 2. The molecular formula is C14H17ClN2O4. The summed E-state index contributed by atoms with van der Waals surface area (Å²) in [7, 11) is 0. The highest BCUT2D eigenvalue weighted by Gasteiger charge is 2.49. The number of hydrogen-bond acceptors (Lipinski definition) is 4. The van der Waals surface area contributed by atoms with Crippen molar-refractivity contribution in [1.82, 2.24) is 4.90 Å². The Morgan fingerprint density at radius 1 is 1.52 bits per heavy atom. The predicted molar refractivity (Wildman–Crippen MR) is 78.5 cm³/mol. The van der Waals surface area contributed by atoms with Gasteiger partial charge >= 0.3 is 0 Å². The van der Waals surface area contributed by atoms with Crippen LogP contribution in [0.5, 0.6) is 5.75 Å². The van der Waals surface area contributed by atoms with Crippen LogP contribution in [0.25, 0.3) is 0 Å². The highest BCUT2D eigenvalue weighted by molar-refractivity contribution is 6.31. The summed E-state index contributed by atoms with van der Waals surface area (Å²) in [6.07, 6.45) is 0. The first-order chi connectivity index (χ1) is 9.92. The molecular weight excluding hydrogens is 296 g/mol. The third-order valence-corrected chi connectivity index (χ3v) is 3.62. The monoisotopic (exact) mass is 312 g/mol. The van der Waals surface area contributed by atoms with Crippen LogP contribution in [0, 0.1) is 0 Å². The summed E-state index contributed by atoms with van der Waals surface area (Å²) in [6, 6.07) is 4.78. The van der Waals surface area contributed by atoms with E-state index in [2.05, 4.69) is 5.32 Å². The zero-order chi connectivity index (χ0) is 15.6. The predicted octanol–water partition coefficient (Wildman–Crippen LogP) is 1.27. The molecule has 6 nitrogen and oxygen atoms in total. The van der Waals surface area contributed by atoms with Crippen LogP contribution in [-0.2, 0) is 9.59 Å². The van der Waals surface area contributed by atoms with Gasteiger partial charge < -0.3 is 20.1 Å². The average molecular weight is 313 g/mol. The summed E-state index contributed by atoms with van der Waals surface area (Å²) < 4.78 is 5.63. The molecule has 1 atom stereocenters. The van der Waals surface area contributed by atoms with Crippen molar-refractivity contribution in [2.75, 3.05) is 25.0 Å². The van der Waals surface area contributed by atoms with Gasteiger partial charge in [-0.3, -0.25) is 9.59 Å². The lowest BCUT2D eigenvalue weighted by atomic mass is 10.0. The van der Waals surface area contributed by atoms with E-state index < -0.39 is 17.4 Å². The van der Waals surface area contributed by atoms with Gasteiger partial charge in [-0.15, -0.1) is 0 Å². The molecule has 0 saturated carbocycles. The molecule has 1 unspecified atom stereocenters. The van der Waals surface area contributed by atoms with E-state index in [0.29, 0.717) is 23.0 Å². The zero-order valence-electron chi connectivity index (χ0n) is 11.9. The Morgan fingerprint density at radius 2 is 2.24 bits per heavy atom. The largest absolute Gasteiger partial charge is 0.466 e. The summed E-state index contributed by atoms with van der Waals surface area (Å²) in [4.78, 5) is 26.2. The zero-order valence-corrected chi connectivity index (χ0v) is 12.6. The molecule has 7 heteroatoms. The van der Waals surface area contributed by atoms with Crippen LogP contribution in [0.2, 0.25) is 5.02 Å². The van der Waals surface area contributed by atoms with E-state index in [1.807, 2.05) is 0 Å². The quantitative estimate of drug-likeness (QED) is 0.821. The molecule has 0 fully saturated rings. The van der Waals surface area contributed by atoms with Gasteiger partial charge in [-0.1, -0.05) is 11.6 Å². The van der Waals surface area contributed by atoms with Crippen molar-refractivity contribution in [2.24, 2.45) is 0 Å². The fourth-order valence-electron chi connectivity index (χ4n) is 2.16. The number of benzene rings is 1. The summed E-state index contributed by atoms with van der Waals surface area (Å²) in [5.41, 5.74) is -1.23. The van der Waals surface area contributed by atoms with Crippen molar-refractivity contribution >= 4 is 29.1 Å². The average Bonchev–Trinajstić information content (AvgIpc) is 2.45. The summed E-state index contributed by atoms with van der Waals surface area (Å²) >= 11 is 5.86. The van der Waals surface area contributed by atoms with Crippen LogP contribution < -0.4 is 10.1 Å². The molecule has 0 bridgehead atoms. The Hall–Kier alpha value is -1.79. The molecule has 0 spiro atoms. The van der Waals surface area contributed by atoms with Gasteiger partial charge in [-0.2, -0.15) is 0 Å². The van der Waals surface area contributed by atoms with Gasteiger partial charge in [0.05, 0.1) is 12.3 Å². The lowest BCUT2D eigenvalue weighted by Gasteiger charge is -2.36. The Morgan fingerprint density at radius 3 is 2.86 bits per heavy atom. The first-order valence-corrected chi connectivity index (χ1v) is 7.00. The molecule has 21 heavy (non-hydrogen) atoms. The second-order valence-corrected chi connectivity index (χ2v) is 5.27. The number of rotatable bonds is 4. The van der Waals surface area contributed by atoms with Crippen molar-refractivity contribution < 1.29 is 19.4 Å². The van der Waals surface area contributed by atoms with E-state index >= 15 is 0 Å². The first-order valence-electron chi connectivity index (χ1n) is 6.62. The number of likely N-dealkylation sites (N-methyl/N-ethyl adjacent to an activating group) is 1. The van der Waals surface area contributed by atoms with Gasteiger partial charge in [-0.25, -0.2) is 0 Å². The maximum atomic E-state index is 12.5. The Balaban J connectivity index is 2.32. The molecule has 114 valence electrons. The van der Waals surface area contributed by atoms with Gasteiger partial charge in [0.2, 0.25) is 0 Å². The van der Waals surface area contributed by atoms with Crippen LogP contribution in [0.15, 0.2) is 18.2 Å². The molecule has 1 aromatic carbocycles. The number of carbonyl (C=O) groups excluding carboxylic acids is 2. The van der Waals surface area contributed by atoms with Crippen molar-refractivity contribution in [3.63, 3.8) is 0 Å². The fraction of sp³-hybridized carbons (Fsp3) is 0.429. The molecule has 0 aromatic heterocycles. The molecule has 0 aliphatic carbocycles.